The third kappa shape index (κ3) is 2.95. The number of nitrogens with zero attached hydrogens (tertiary/aromatic N) is 3. The molecule has 1 amide bonds. The first-order valence-electron chi connectivity index (χ1n) is 9.24. The molecule has 0 spiro atoms. The van der Waals surface area contributed by atoms with Gasteiger partial charge >= 0.3 is 0 Å². The Labute approximate surface area is 157 Å². The monoisotopic (exact) mass is 377 g/mol. The Hall–Kier alpha value is -1.79. The summed E-state index contributed by atoms with van der Waals surface area (Å²) in [4.78, 5) is 17.0. The van der Waals surface area contributed by atoms with E-state index in [0.717, 1.165) is 62.1 Å². The van der Waals surface area contributed by atoms with Crippen molar-refractivity contribution in [1.29, 1.82) is 0 Å². The van der Waals surface area contributed by atoms with Gasteiger partial charge in [0.15, 0.2) is 11.4 Å². The second-order valence-corrected chi connectivity index (χ2v) is 8.09. The summed E-state index contributed by atoms with van der Waals surface area (Å²) in [5.74, 6) is 0.999. The van der Waals surface area contributed by atoms with Gasteiger partial charge in [-0.2, -0.15) is 0 Å². The molecule has 1 aromatic carbocycles. The standard InChI is InChI=1S/C19H24ClN3O3/c1-19(12-24)7-2-8-23(19)18(25)13-5-9-22(10-6-13)17-15-11-14(20)3-4-16(15)26-21-17/h3-4,11,13,24H,2,5-10,12H2,1H3/t19-/m1/s1. The summed E-state index contributed by atoms with van der Waals surface area (Å²) in [6, 6.07) is 5.49. The predicted molar refractivity (Wildman–Crippen MR) is 100 cm³/mol. The maximum atomic E-state index is 13.0. The van der Waals surface area contributed by atoms with Gasteiger partial charge in [-0.05, 0) is 50.8 Å². The van der Waals surface area contributed by atoms with Crippen LogP contribution in [0, 0.1) is 5.92 Å². The van der Waals surface area contributed by atoms with Crippen LogP contribution in [0.2, 0.25) is 5.02 Å². The number of hydrogen-bond acceptors (Lipinski definition) is 5. The Morgan fingerprint density at radius 2 is 2.15 bits per heavy atom. The van der Waals surface area contributed by atoms with Crippen molar-refractivity contribution in [2.24, 2.45) is 5.92 Å². The van der Waals surface area contributed by atoms with Crippen LogP contribution in [0.25, 0.3) is 11.0 Å². The van der Waals surface area contributed by atoms with Gasteiger partial charge in [0, 0.05) is 30.6 Å². The number of aromatic nitrogens is 1. The van der Waals surface area contributed by atoms with E-state index in [1.807, 2.05) is 24.0 Å². The molecule has 2 saturated heterocycles. The van der Waals surface area contributed by atoms with Crippen molar-refractivity contribution in [3.63, 3.8) is 0 Å². The first kappa shape index (κ1) is 17.6. The van der Waals surface area contributed by atoms with Crippen LogP contribution in [0.3, 0.4) is 0 Å². The Morgan fingerprint density at radius 1 is 1.38 bits per heavy atom. The van der Waals surface area contributed by atoms with Gasteiger partial charge in [-0.3, -0.25) is 4.79 Å². The molecule has 0 unspecified atom stereocenters. The van der Waals surface area contributed by atoms with Gasteiger partial charge in [0.05, 0.1) is 17.5 Å². The summed E-state index contributed by atoms with van der Waals surface area (Å²) in [6.45, 7) is 4.28. The normalized spacial score (nSPS) is 24.6. The molecule has 6 nitrogen and oxygen atoms in total. The van der Waals surface area contributed by atoms with Gasteiger partial charge in [-0.25, -0.2) is 0 Å². The van der Waals surface area contributed by atoms with Crippen molar-refractivity contribution < 1.29 is 14.4 Å². The average molecular weight is 378 g/mol. The third-order valence-corrected chi connectivity index (χ3v) is 6.15. The van der Waals surface area contributed by atoms with Crippen LogP contribution in [-0.2, 0) is 4.79 Å². The topological polar surface area (TPSA) is 69.8 Å². The molecule has 2 fully saturated rings. The summed E-state index contributed by atoms with van der Waals surface area (Å²) in [5, 5.41) is 15.5. The lowest BCUT2D eigenvalue weighted by atomic mass is 9.92. The lowest BCUT2D eigenvalue weighted by Gasteiger charge is -2.38. The van der Waals surface area contributed by atoms with Gasteiger partial charge < -0.3 is 19.4 Å². The van der Waals surface area contributed by atoms with Crippen LogP contribution in [0.4, 0.5) is 5.82 Å². The Kier molecular flexibility index (Phi) is 4.57. The van der Waals surface area contributed by atoms with Crippen molar-refractivity contribution >= 4 is 34.3 Å². The summed E-state index contributed by atoms with van der Waals surface area (Å²) in [7, 11) is 0. The smallest absolute Gasteiger partial charge is 0.226 e. The number of hydrogen-bond donors (Lipinski definition) is 1. The Bertz CT molecular complexity index is 815. The summed E-state index contributed by atoms with van der Waals surface area (Å²) < 4.78 is 5.40. The maximum Gasteiger partial charge on any atom is 0.226 e. The largest absolute Gasteiger partial charge is 0.394 e. The van der Waals surface area contributed by atoms with Crippen molar-refractivity contribution in [1.82, 2.24) is 10.1 Å². The number of likely N-dealkylation sites (tertiary alicyclic amines) is 1. The summed E-state index contributed by atoms with van der Waals surface area (Å²) in [6.07, 6.45) is 3.41. The van der Waals surface area contributed by atoms with Gasteiger partial charge in [-0.1, -0.05) is 16.8 Å². The van der Waals surface area contributed by atoms with E-state index in [1.165, 1.54) is 0 Å². The zero-order valence-electron chi connectivity index (χ0n) is 14.9. The van der Waals surface area contributed by atoms with Gasteiger partial charge in [0.1, 0.15) is 0 Å². The lowest BCUT2D eigenvalue weighted by molar-refractivity contribution is -0.141. The Balaban J connectivity index is 1.45. The molecule has 0 bridgehead atoms. The fourth-order valence-corrected chi connectivity index (χ4v) is 4.42. The lowest BCUT2D eigenvalue weighted by Crippen LogP contribution is -2.51. The highest BCUT2D eigenvalue weighted by Gasteiger charge is 2.42. The van der Waals surface area contributed by atoms with Crippen LogP contribution < -0.4 is 4.90 Å². The van der Waals surface area contributed by atoms with Crippen molar-refractivity contribution in [2.45, 2.75) is 38.1 Å². The minimum atomic E-state index is -0.396. The van der Waals surface area contributed by atoms with Gasteiger partial charge in [0.2, 0.25) is 5.91 Å². The molecule has 4 rings (SSSR count). The molecule has 2 aliphatic rings. The number of anilines is 1. The number of amides is 1. The van der Waals surface area contributed by atoms with E-state index in [4.69, 9.17) is 16.1 Å². The first-order chi connectivity index (χ1) is 12.5. The first-order valence-corrected chi connectivity index (χ1v) is 9.62. The molecule has 3 heterocycles. The SMILES string of the molecule is C[C@]1(CO)CCCN1C(=O)C1CCN(c2noc3ccc(Cl)cc23)CC1. The van der Waals surface area contributed by atoms with Crippen LogP contribution >= 0.6 is 11.6 Å². The second-order valence-electron chi connectivity index (χ2n) is 7.66. The molecule has 0 saturated carbocycles. The maximum absolute atomic E-state index is 13.0. The number of carbonyl (C=O) groups excluding carboxylic acids is 1. The van der Waals surface area contributed by atoms with E-state index in [2.05, 4.69) is 10.1 Å². The van der Waals surface area contributed by atoms with Crippen molar-refractivity contribution in [3.8, 4) is 0 Å². The number of fused-ring (bicyclic) bond motifs is 1. The number of aliphatic hydroxyl groups is 1. The van der Waals surface area contributed by atoms with Crippen LogP contribution in [0.1, 0.15) is 32.6 Å². The fraction of sp³-hybridized carbons (Fsp3) is 0.579. The molecule has 2 aromatic rings. The molecule has 1 atom stereocenters. The zero-order valence-corrected chi connectivity index (χ0v) is 15.7. The molecule has 1 aromatic heterocycles. The number of halogens is 1. The molecule has 2 aliphatic heterocycles. The molecule has 0 radical (unpaired) electrons. The van der Waals surface area contributed by atoms with E-state index in [0.29, 0.717) is 5.02 Å². The number of piperidine rings is 1. The van der Waals surface area contributed by atoms with E-state index in [9.17, 15) is 9.90 Å². The third-order valence-electron chi connectivity index (χ3n) is 5.91. The average Bonchev–Trinajstić information content (AvgIpc) is 3.25. The van der Waals surface area contributed by atoms with Crippen LogP contribution in [0.5, 0.6) is 0 Å². The predicted octanol–water partition coefficient (Wildman–Crippen LogP) is 3.07. The number of rotatable bonds is 3. The highest BCUT2D eigenvalue weighted by molar-refractivity contribution is 6.31. The molecular formula is C19H24ClN3O3. The van der Waals surface area contributed by atoms with E-state index < -0.39 is 5.54 Å². The Morgan fingerprint density at radius 3 is 2.88 bits per heavy atom. The van der Waals surface area contributed by atoms with E-state index in [-0.39, 0.29) is 18.4 Å². The van der Waals surface area contributed by atoms with Gasteiger partial charge in [0.25, 0.3) is 0 Å². The van der Waals surface area contributed by atoms with Crippen LogP contribution in [0.15, 0.2) is 22.7 Å². The molecular weight excluding hydrogens is 354 g/mol. The zero-order chi connectivity index (χ0) is 18.3. The van der Waals surface area contributed by atoms with E-state index in [1.54, 1.807) is 6.07 Å². The van der Waals surface area contributed by atoms with Gasteiger partial charge in [-0.15, -0.1) is 0 Å². The van der Waals surface area contributed by atoms with Crippen molar-refractivity contribution in [3.05, 3.63) is 23.2 Å². The minimum Gasteiger partial charge on any atom is -0.394 e. The minimum absolute atomic E-state index is 0.0111. The summed E-state index contributed by atoms with van der Waals surface area (Å²) in [5.41, 5.74) is 0.325. The van der Waals surface area contributed by atoms with Crippen molar-refractivity contribution in [2.75, 3.05) is 31.1 Å². The number of carbonyl (C=O) groups is 1. The molecule has 140 valence electrons. The molecule has 7 heteroatoms. The molecule has 0 aliphatic carbocycles. The fourth-order valence-electron chi connectivity index (χ4n) is 4.25. The molecule has 1 N–H and O–H groups in total. The van der Waals surface area contributed by atoms with Crippen LogP contribution in [-0.4, -0.2) is 52.9 Å². The highest BCUT2D eigenvalue weighted by atomic mass is 35.5. The summed E-state index contributed by atoms with van der Waals surface area (Å²) >= 11 is 6.11. The second kappa shape index (κ2) is 6.74. The number of benzene rings is 1. The van der Waals surface area contributed by atoms with E-state index >= 15 is 0 Å². The quantitative estimate of drug-likeness (QED) is 0.890. The number of aliphatic hydroxyl groups excluding tert-OH is 1. The highest BCUT2D eigenvalue weighted by Crippen LogP contribution is 2.34. The molecule has 26 heavy (non-hydrogen) atoms.